The van der Waals surface area contributed by atoms with E-state index < -0.39 is 23.6 Å². The number of halogens is 1. The van der Waals surface area contributed by atoms with E-state index >= 15 is 0 Å². The van der Waals surface area contributed by atoms with Gasteiger partial charge in [0.25, 0.3) is 17.6 Å². The number of amides is 2. The Morgan fingerprint density at radius 2 is 1.97 bits per heavy atom. The van der Waals surface area contributed by atoms with Gasteiger partial charge in [0.2, 0.25) is 5.89 Å². The van der Waals surface area contributed by atoms with E-state index in [1.165, 1.54) is 24.3 Å². The predicted octanol–water partition coefficient (Wildman–Crippen LogP) is 3.28. The van der Waals surface area contributed by atoms with Crippen molar-refractivity contribution in [2.45, 2.75) is 52.6 Å². The SMILES string of the molecule is Cc1noc([C@H](C)NC(=O)C(=O)c2cc(C(=O)Nc3ccc(F)c(C)c3)c3n2CCCC3)n1. The predicted molar refractivity (Wildman–Crippen MR) is 116 cm³/mol. The van der Waals surface area contributed by atoms with E-state index in [0.717, 1.165) is 12.8 Å². The summed E-state index contributed by atoms with van der Waals surface area (Å²) in [5.41, 5.74) is 2.04. The molecular formula is C23H24FN5O4. The molecule has 4 rings (SSSR count). The second kappa shape index (κ2) is 8.97. The summed E-state index contributed by atoms with van der Waals surface area (Å²) in [4.78, 5) is 42.7. The number of nitrogens with one attached hydrogen (secondary N) is 2. The molecule has 0 spiro atoms. The number of hydrogen-bond donors (Lipinski definition) is 2. The monoisotopic (exact) mass is 453 g/mol. The molecule has 9 nitrogen and oxygen atoms in total. The molecule has 3 aromatic rings. The maximum Gasteiger partial charge on any atom is 0.294 e. The van der Waals surface area contributed by atoms with Crippen LogP contribution in [-0.2, 0) is 17.8 Å². The molecule has 3 heterocycles. The molecule has 10 heteroatoms. The lowest BCUT2D eigenvalue weighted by Crippen LogP contribution is -2.34. The topological polar surface area (TPSA) is 119 Å². The van der Waals surface area contributed by atoms with Gasteiger partial charge in [-0.3, -0.25) is 14.4 Å². The van der Waals surface area contributed by atoms with Gasteiger partial charge in [0.1, 0.15) is 11.9 Å². The van der Waals surface area contributed by atoms with Crippen molar-refractivity contribution in [2.24, 2.45) is 0 Å². The molecule has 172 valence electrons. The number of fused-ring (bicyclic) bond motifs is 1. The summed E-state index contributed by atoms with van der Waals surface area (Å²) in [6.07, 6.45) is 2.31. The number of ketones is 1. The molecular weight excluding hydrogens is 429 g/mol. The third-order valence-electron chi connectivity index (χ3n) is 5.61. The molecule has 1 atom stereocenters. The highest BCUT2D eigenvalue weighted by Gasteiger charge is 2.30. The maximum atomic E-state index is 13.5. The van der Waals surface area contributed by atoms with Crippen molar-refractivity contribution >= 4 is 23.3 Å². The third kappa shape index (κ3) is 4.55. The number of benzene rings is 1. The Hall–Kier alpha value is -3.82. The van der Waals surface area contributed by atoms with Gasteiger partial charge in [0.05, 0.1) is 11.3 Å². The Morgan fingerprint density at radius 3 is 2.67 bits per heavy atom. The molecule has 0 bridgehead atoms. The number of Topliss-reactive ketones (excluding diaryl/α,β-unsaturated/α-hetero) is 1. The Kier molecular flexibility index (Phi) is 6.08. The van der Waals surface area contributed by atoms with E-state index in [4.69, 9.17) is 4.52 Å². The average molecular weight is 453 g/mol. The summed E-state index contributed by atoms with van der Waals surface area (Å²) in [7, 11) is 0. The Labute approximate surface area is 189 Å². The highest BCUT2D eigenvalue weighted by molar-refractivity contribution is 6.42. The number of nitrogens with zero attached hydrogens (tertiary/aromatic N) is 3. The van der Waals surface area contributed by atoms with Gasteiger partial charge in [-0.1, -0.05) is 5.16 Å². The maximum absolute atomic E-state index is 13.5. The standard InChI is InChI=1S/C23H24FN5O4/c1-12-10-15(7-8-17(12)24)27-21(31)16-11-19(29-9-5-4-6-18(16)29)20(30)22(32)25-13(2)23-26-14(3)28-33-23/h7-8,10-11,13H,4-6,9H2,1-3H3,(H,25,32)(H,27,31)/t13-/m0/s1. The number of carbonyl (C=O) groups excluding carboxylic acids is 3. The van der Waals surface area contributed by atoms with Crippen LogP contribution < -0.4 is 10.6 Å². The van der Waals surface area contributed by atoms with E-state index in [0.29, 0.717) is 41.3 Å². The number of rotatable bonds is 6. The minimum atomic E-state index is -0.828. The van der Waals surface area contributed by atoms with Gasteiger partial charge in [0.15, 0.2) is 5.82 Å². The Balaban J connectivity index is 1.57. The minimum Gasteiger partial charge on any atom is -0.341 e. The molecule has 0 fully saturated rings. The number of hydrogen-bond acceptors (Lipinski definition) is 6. The molecule has 0 saturated heterocycles. The van der Waals surface area contributed by atoms with Crippen LogP contribution >= 0.6 is 0 Å². The third-order valence-corrected chi connectivity index (χ3v) is 5.61. The summed E-state index contributed by atoms with van der Waals surface area (Å²) >= 11 is 0. The van der Waals surface area contributed by atoms with Crippen LogP contribution in [0.1, 0.15) is 69.6 Å². The number of carbonyl (C=O) groups is 3. The number of anilines is 1. The fraction of sp³-hybridized carbons (Fsp3) is 0.348. The van der Waals surface area contributed by atoms with Crippen molar-refractivity contribution < 1.29 is 23.3 Å². The highest BCUT2D eigenvalue weighted by atomic mass is 19.1. The highest BCUT2D eigenvalue weighted by Crippen LogP contribution is 2.26. The summed E-state index contributed by atoms with van der Waals surface area (Å²) in [5.74, 6) is -1.74. The van der Waals surface area contributed by atoms with Crippen LogP contribution in [0.15, 0.2) is 28.8 Å². The van der Waals surface area contributed by atoms with E-state index in [9.17, 15) is 18.8 Å². The lowest BCUT2D eigenvalue weighted by molar-refractivity contribution is -0.117. The van der Waals surface area contributed by atoms with Crippen LogP contribution in [0.25, 0.3) is 0 Å². The average Bonchev–Trinajstić information content (AvgIpc) is 3.40. The van der Waals surface area contributed by atoms with Crippen molar-refractivity contribution in [2.75, 3.05) is 5.32 Å². The van der Waals surface area contributed by atoms with Crippen molar-refractivity contribution in [1.29, 1.82) is 0 Å². The summed E-state index contributed by atoms with van der Waals surface area (Å²) in [5, 5.41) is 9.01. The summed E-state index contributed by atoms with van der Waals surface area (Å²) < 4.78 is 20.3. The number of aromatic nitrogens is 3. The van der Waals surface area contributed by atoms with Gasteiger partial charge in [-0.2, -0.15) is 4.98 Å². The molecule has 33 heavy (non-hydrogen) atoms. The van der Waals surface area contributed by atoms with E-state index in [1.807, 2.05) is 0 Å². The Bertz CT molecular complexity index is 1250. The first-order valence-electron chi connectivity index (χ1n) is 10.7. The minimum absolute atomic E-state index is 0.150. The van der Waals surface area contributed by atoms with Crippen LogP contribution in [0, 0.1) is 19.7 Å². The van der Waals surface area contributed by atoms with Crippen LogP contribution in [0.3, 0.4) is 0 Å². The fourth-order valence-electron chi connectivity index (χ4n) is 3.91. The zero-order chi connectivity index (χ0) is 23.7. The van der Waals surface area contributed by atoms with Crippen molar-refractivity contribution in [1.82, 2.24) is 20.0 Å². The molecule has 1 aliphatic heterocycles. The van der Waals surface area contributed by atoms with Crippen LogP contribution in [0.2, 0.25) is 0 Å². The zero-order valence-electron chi connectivity index (χ0n) is 18.6. The van der Waals surface area contributed by atoms with Gasteiger partial charge in [-0.05, 0) is 69.9 Å². The zero-order valence-corrected chi connectivity index (χ0v) is 18.6. The molecule has 0 radical (unpaired) electrons. The van der Waals surface area contributed by atoms with Gasteiger partial charge in [0, 0.05) is 17.9 Å². The molecule has 2 aromatic heterocycles. The summed E-state index contributed by atoms with van der Waals surface area (Å²) in [6.45, 7) is 5.43. The van der Waals surface area contributed by atoms with Crippen molar-refractivity contribution in [3.05, 3.63) is 64.3 Å². The molecule has 0 aliphatic carbocycles. The molecule has 1 aromatic carbocycles. The molecule has 2 N–H and O–H groups in total. The lowest BCUT2D eigenvalue weighted by Gasteiger charge is -2.18. The van der Waals surface area contributed by atoms with Crippen molar-refractivity contribution in [3.63, 3.8) is 0 Å². The van der Waals surface area contributed by atoms with E-state index in [1.54, 1.807) is 25.3 Å². The molecule has 0 unspecified atom stereocenters. The lowest BCUT2D eigenvalue weighted by atomic mass is 10.1. The first-order chi connectivity index (χ1) is 15.7. The summed E-state index contributed by atoms with van der Waals surface area (Å²) in [6, 6.07) is 5.10. The van der Waals surface area contributed by atoms with Crippen LogP contribution in [0.5, 0.6) is 0 Å². The van der Waals surface area contributed by atoms with Gasteiger partial charge in [-0.15, -0.1) is 0 Å². The van der Waals surface area contributed by atoms with Gasteiger partial charge >= 0.3 is 0 Å². The van der Waals surface area contributed by atoms with E-state index in [2.05, 4.69) is 20.8 Å². The van der Waals surface area contributed by atoms with E-state index in [-0.39, 0.29) is 17.4 Å². The number of aryl methyl sites for hydroxylation is 2. The first-order valence-corrected chi connectivity index (χ1v) is 10.7. The molecule has 2 amide bonds. The second-order valence-electron chi connectivity index (χ2n) is 8.12. The van der Waals surface area contributed by atoms with Gasteiger partial charge < -0.3 is 19.7 Å². The fourth-order valence-corrected chi connectivity index (χ4v) is 3.91. The molecule has 1 aliphatic rings. The van der Waals surface area contributed by atoms with Crippen LogP contribution in [0.4, 0.5) is 10.1 Å². The van der Waals surface area contributed by atoms with Crippen LogP contribution in [-0.4, -0.2) is 32.3 Å². The smallest absolute Gasteiger partial charge is 0.294 e. The van der Waals surface area contributed by atoms with Gasteiger partial charge in [-0.25, -0.2) is 4.39 Å². The molecule has 0 saturated carbocycles. The normalized spacial score (nSPS) is 13.8. The second-order valence-corrected chi connectivity index (χ2v) is 8.12. The quantitative estimate of drug-likeness (QED) is 0.437. The van der Waals surface area contributed by atoms with Crippen molar-refractivity contribution in [3.8, 4) is 0 Å². The Morgan fingerprint density at radius 1 is 1.18 bits per heavy atom. The first kappa shape index (κ1) is 22.4. The largest absolute Gasteiger partial charge is 0.341 e.